The minimum absolute atomic E-state index is 0.552. The second-order valence-corrected chi connectivity index (χ2v) is 12.5. The van der Waals surface area contributed by atoms with Crippen molar-refractivity contribution < 1.29 is 0 Å². The molecule has 2 nitrogen and oxygen atoms in total. The Hall–Kier alpha value is -5.26. The van der Waals surface area contributed by atoms with E-state index in [4.69, 9.17) is 0 Å². The number of nitrogens with zero attached hydrogens (tertiary/aromatic N) is 2. The lowest BCUT2D eigenvalue weighted by molar-refractivity contribution is 1.45. The van der Waals surface area contributed by atoms with Gasteiger partial charge in [0.2, 0.25) is 0 Å². The summed E-state index contributed by atoms with van der Waals surface area (Å²) >= 11 is 3.57. The van der Waals surface area contributed by atoms with E-state index in [1.165, 1.54) is 35.0 Å². The van der Waals surface area contributed by atoms with Gasteiger partial charge in [-0.2, -0.15) is 10.5 Å². The van der Waals surface area contributed by atoms with E-state index in [0.29, 0.717) is 11.1 Å². The lowest BCUT2D eigenvalue weighted by Crippen LogP contribution is -1.95. The van der Waals surface area contributed by atoms with Crippen molar-refractivity contribution in [2.75, 3.05) is 0 Å². The van der Waals surface area contributed by atoms with Gasteiger partial charge in [-0.3, -0.25) is 0 Å². The molecule has 0 atom stereocenters. The second-order valence-electron chi connectivity index (χ2n) is 10.3. The van der Waals surface area contributed by atoms with E-state index in [2.05, 4.69) is 109 Å². The third kappa shape index (κ3) is 3.75. The minimum atomic E-state index is 0.552. The van der Waals surface area contributed by atoms with Crippen molar-refractivity contribution in [1.29, 1.82) is 10.5 Å². The summed E-state index contributed by atoms with van der Waals surface area (Å²) in [7, 11) is 0. The quantitative estimate of drug-likeness (QED) is 0.213. The summed E-state index contributed by atoms with van der Waals surface area (Å²) in [5.41, 5.74) is 6.68. The summed E-state index contributed by atoms with van der Waals surface area (Å²) in [5, 5.41) is 25.5. The molecule has 8 rings (SSSR count). The van der Waals surface area contributed by atoms with E-state index in [-0.39, 0.29) is 0 Å². The fraction of sp³-hybridized carbons (Fsp3) is 0. The molecule has 4 heteroatoms. The van der Waals surface area contributed by atoms with Crippen LogP contribution in [-0.2, 0) is 0 Å². The molecule has 6 aromatic carbocycles. The van der Waals surface area contributed by atoms with Crippen LogP contribution in [-0.4, -0.2) is 0 Å². The molecule has 0 aliphatic rings. The first-order valence-corrected chi connectivity index (χ1v) is 15.3. The summed E-state index contributed by atoms with van der Waals surface area (Å²) in [6, 6.07) is 46.6. The molecule has 42 heavy (non-hydrogen) atoms. The predicted molar refractivity (Wildman–Crippen MR) is 178 cm³/mol. The zero-order valence-electron chi connectivity index (χ0n) is 22.3. The van der Waals surface area contributed by atoms with Crippen molar-refractivity contribution >= 4 is 63.0 Å². The summed E-state index contributed by atoms with van der Waals surface area (Å²) in [4.78, 5) is 0. The van der Waals surface area contributed by atoms with Gasteiger partial charge in [-0.1, -0.05) is 78.9 Å². The first kappa shape index (κ1) is 24.5. The molecular weight excluding hydrogens is 549 g/mol. The molecule has 0 spiro atoms. The van der Waals surface area contributed by atoms with E-state index in [0.717, 1.165) is 38.8 Å². The zero-order chi connectivity index (χ0) is 28.2. The van der Waals surface area contributed by atoms with Crippen molar-refractivity contribution in [3.05, 3.63) is 132 Å². The molecule has 0 saturated heterocycles. The number of rotatable bonds is 3. The third-order valence-electron chi connectivity index (χ3n) is 7.99. The third-order valence-corrected chi connectivity index (χ3v) is 10.3. The maximum atomic E-state index is 10.7. The van der Waals surface area contributed by atoms with Crippen molar-refractivity contribution in [2.24, 2.45) is 0 Å². The molecule has 2 heterocycles. The van der Waals surface area contributed by atoms with Crippen LogP contribution in [0, 0.1) is 22.7 Å². The van der Waals surface area contributed by atoms with Crippen LogP contribution in [0.25, 0.3) is 73.7 Å². The second kappa shape index (κ2) is 9.68. The van der Waals surface area contributed by atoms with Gasteiger partial charge in [-0.05, 0) is 59.2 Å². The topological polar surface area (TPSA) is 47.6 Å². The highest BCUT2D eigenvalue weighted by molar-refractivity contribution is 7.26. The Morgan fingerprint density at radius 1 is 0.429 bits per heavy atom. The van der Waals surface area contributed by atoms with Gasteiger partial charge in [0.05, 0.1) is 17.2 Å². The Morgan fingerprint density at radius 3 is 1.86 bits per heavy atom. The maximum absolute atomic E-state index is 10.7. The summed E-state index contributed by atoms with van der Waals surface area (Å²) in [6.07, 6.45) is 0. The molecule has 8 aromatic rings. The van der Waals surface area contributed by atoms with Gasteiger partial charge in [0.25, 0.3) is 0 Å². The summed E-state index contributed by atoms with van der Waals surface area (Å²) in [5.74, 6) is 0. The molecule has 0 amide bonds. The maximum Gasteiger partial charge on any atom is 0.100 e. The highest BCUT2D eigenvalue weighted by Crippen LogP contribution is 2.45. The summed E-state index contributed by atoms with van der Waals surface area (Å²) in [6.45, 7) is 0. The highest BCUT2D eigenvalue weighted by atomic mass is 32.1. The van der Waals surface area contributed by atoms with Crippen LogP contribution < -0.4 is 0 Å². The average Bonchev–Trinajstić information content (AvgIpc) is 3.62. The van der Waals surface area contributed by atoms with Crippen LogP contribution in [0.4, 0.5) is 0 Å². The fourth-order valence-electron chi connectivity index (χ4n) is 6.07. The van der Waals surface area contributed by atoms with Gasteiger partial charge in [0.1, 0.15) is 6.07 Å². The van der Waals surface area contributed by atoms with E-state index in [1.807, 2.05) is 24.3 Å². The molecule has 0 aliphatic heterocycles. The van der Waals surface area contributed by atoms with E-state index in [9.17, 15) is 10.5 Å². The molecule has 0 fully saturated rings. The smallest absolute Gasteiger partial charge is 0.100 e. The van der Waals surface area contributed by atoms with Crippen LogP contribution >= 0.6 is 22.7 Å². The average molecular weight is 569 g/mol. The van der Waals surface area contributed by atoms with Gasteiger partial charge in [0.15, 0.2) is 0 Å². The Kier molecular flexibility index (Phi) is 5.66. The van der Waals surface area contributed by atoms with Crippen LogP contribution in [0.15, 0.2) is 121 Å². The van der Waals surface area contributed by atoms with Crippen molar-refractivity contribution in [3.8, 4) is 45.5 Å². The molecule has 194 valence electrons. The number of hydrogen-bond donors (Lipinski definition) is 0. The van der Waals surface area contributed by atoms with Gasteiger partial charge in [-0.25, -0.2) is 0 Å². The zero-order valence-corrected chi connectivity index (χ0v) is 23.9. The van der Waals surface area contributed by atoms with Crippen LogP contribution in [0.3, 0.4) is 0 Å². The van der Waals surface area contributed by atoms with E-state index >= 15 is 0 Å². The van der Waals surface area contributed by atoms with E-state index < -0.39 is 0 Å². The first-order chi connectivity index (χ1) is 20.7. The van der Waals surface area contributed by atoms with Crippen LogP contribution in [0.2, 0.25) is 0 Å². The standard InChI is InChI=1S/C38H20N2S2/c39-21-24-8-1-2-9-26(24)31-18-25(23-16-17-28-27-10-3-5-13-34(27)42-37(28)20-23)19-32(33(31)22-40)29-12-7-15-36-38(29)30-11-4-6-14-35(30)41-36/h1-20H. The molecule has 0 radical (unpaired) electrons. The number of hydrogen-bond acceptors (Lipinski definition) is 4. The highest BCUT2D eigenvalue weighted by Gasteiger charge is 2.20. The Morgan fingerprint density at radius 2 is 1.05 bits per heavy atom. The number of nitriles is 2. The lowest BCUT2D eigenvalue weighted by atomic mass is 9.86. The normalized spacial score (nSPS) is 11.3. The molecule has 0 aliphatic carbocycles. The Bertz CT molecular complexity index is 2450. The fourth-order valence-corrected chi connectivity index (χ4v) is 8.35. The lowest BCUT2D eigenvalue weighted by Gasteiger charge is -2.16. The van der Waals surface area contributed by atoms with Crippen molar-refractivity contribution in [2.45, 2.75) is 0 Å². The minimum Gasteiger partial charge on any atom is -0.192 e. The first-order valence-electron chi connectivity index (χ1n) is 13.6. The monoisotopic (exact) mass is 568 g/mol. The van der Waals surface area contributed by atoms with Gasteiger partial charge in [0, 0.05) is 57.0 Å². The SMILES string of the molecule is N#Cc1ccccc1-c1cc(-c2ccc3c(c2)sc2ccccc23)cc(-c2cccc3sc4ccccc4c23)c1C#N. The Labute approximate surface area is 250 Å². The molecule has 0 unspecified atom stereocenters. The number of benzene rings is 6. The van der Waals surface area contributed by atoms with Gasteiger partial charge < -0.3 is 0 Å². The van der Waals surface area contributed by atoms with Crippen LogP contribution in [0.5, 0.6) is 0 Å². The van der Waals surface area contributed by atoms with Crippen LogP contribution in [0.1, 0.15) is 11.1 Å². The molecule has 0 N–H and O–H groups in total. The Balaban J connectivity index is 1.46. The molecule has 0 bridgehead atoms. The van der Waals surface area contributed by atoms with E-state index in [1.54, 1.807) is 22.7 Å². The largest absolute Gasteiger partial charge is 0.192 e. The van der Waals surface area contributed by atoms with Gasteiger partial charge >= 0.3 is 0 Å². The van der Waals surface area contributed by atoms with Crippen molar-refractivity contribution in [1.82, 2.24) is 0 Å². The summed E-state index contributed by atoms with van der Waals surface area (Å²) < 4.78 is 4.91. The molecule has 2 aromatic heterocycles. The molecule has 0 saturated carbocycles. The predicted octanol–water partition coefficient (Wildman–Crippen LogP) is 11.2. The number of fused-ring (bicyclic) bond motifs is 6. The molecular formula is C38H20N2S2. The van der Waals surface area contributed by atoms with Crippen molar-refractivity contribution in [3.63, 3.8) is 0 Å². The van der Waals surface area contributed by atoms with Gasteiger partial charge in [-0.15, -0.1) is 22.7 Å². The number of thiophene rings is 2.